The molecule has 1 unspecified atom stereocenters. The van der Waals surface area contributed by atoms with Gasteiger partial charge in [-0.1, -0.05) is 60.7 Å². The van der Waals surface area contributed by atoms with Gasteiger partial charge < -0.3 is 14.4 Å². The molecular formula is C23H26N4O3S. The van der Waals surface area contributed by atoms with Gasteiger partial charge in [0.15, 0.2) is 6.10 Å². The molecule has 7 nitrogen and oxygen atoms in total. The number of piperazine rings is 1. The number of ether oxygens (including phenoxy) is 2. The Labute approximate surface area is 186 Å². The van der Waals surface area contributed by atoms with E-state index in [1.165, 1.54) is 18.2 Å². The van der Waals surface area contributed by atoms with Crippen molar-refractivity contribution in [1.82, 2.24) is 13.6 Å². The zero-order valence-corrected chi connectivity index (χ0v) is 18.5. The summed E-state index contributed by atoms with van der Waals surface area (Å²) >= 11 is 1.09. The number of aromatic nitrogens is 2. The number of carbonyl (C=O) groups excluding carboxylic acids is 1. The topological polar surface area (TPSA) is 67.8 Å². The maximum atomic E-state index is 11.7. The Bertz CT molecular complexity index is 935. The molecule has 1 aliphatic heterocycles. The van der Waals surface area contributed by atoms with Crippen LogP contribution in [0.5, 0.6) is 5.88 Å². The van der Waals surface area contributed by atoms with Gasteiger partial charge in [0.25, 0.3) is 5.88 Å². The molecule has 1 aromatic heterocycles. The van der Waals surface area contributed by atoms with Gasteiger partial charge in [-0.3, -0.25) is 4.90 Å². The Morgan fingerprint density at radius 3 is 2.06 bits per heavy atom. The van der Waals surface area contributed by atoms with E-state index in [0.717, 1.165) is 37.9 Å². The minimum absolute atomic E-state index is 0.202. The van der Waals surface area contributed by atoms with Crippen molar-refractivity contribution in [3.05, 3.63) is 71.8 Å². The summed E-state index contributed by atoms with van der Waals surface area (Å²) in [5.41, 5.74) is 2.57. The summed E-state index contributed by atoms with van der Waals surface area (Å²) in [6.45, 7) is 4.99. The van der Waals surface area contributed by atoms with Gasteiger partial charge in [-0.05, 0) is 18.1 Å². The first-order valence-corrected chi connectivity index (χ1v) is 11.1. The zero-order chi connectivity index (χ0) is 21.6. The largest absolute Gasteiger partial charge is 0.466 e. The third kappa shape index (κ3) is 4.86. The number of nitrogens with zero attached hydrogens (tertiary/aromatic N) is 4. The van der Waals surface area contributed by atoms with Crippen LogP contribution in [0.15, 0.2) is 60.7 Å². The number of hydrogen-bond acceptors (Lipinski definition) is 8. The van der Waals surface area contributed by atoms with Crippen LogP contribution in [0.3, 0.4) is 0 Å². The first kappa shape index (κ1) is 21.3. The van der Waals surface area contributed by atoms with E-state index in [9.17, 15) is 4.79 Å². The summed E-state index contributed by atoms with van der Waals surface area (Å²) in [7, 11) is 1.34. The van der Waals surface area contributed by atoms with E-state index < -0.39 is 12.1 Å². The SMILES string of the molecule is COC(=O)C(C)Oc1nsnc1N1CCN(C(c2ccccc2)c2ccccc2)CC1. The monoisotopic (exact) mass is 438 g/mol. The van der Waals surface area contributed by atoms with Crippen LogP contribution in [0.4, 0.5) is 5.82 Å². The molecule has 0 saturated carbocycles. The fourth-order valence-electron chi connectivity index (χ4n) is 3.90. The molecule has 1 aliphatic rings. The zero-order valence-electron chi connectivity index (χ0n) is 17.7. The molecule has 0 aliphatic carbocycles. The molecule has 1 fully saturated rings. The van der Waals surface area contributed by atoms with Gasteiger partial charge in [0.1, 0.15) is 0 Å². The molecule has 1 saturated heterocycles. The van der Waals surface area contributed by atoms with Crippen LogP contribution in [0.1, 0.15) is 24.1 Å². The lowest BCUT2D eigenvalue weighted by molar-refractivity contribution is -0.148. The van der Waals surface area contributed by atoms with E-state index in [-0.39, 0.29) is 6.04 Å². The van der Waals surface area contributed by atoms with Crippen LogP contribution in [0.25, 0.3) is 0 Å². The van der Waals surface area contributed by atoms with Crippen LogP contribution in [-0.2, 0) is 9.53 Å². The number of carbonyl (C=O) groups is 1. The minimum atomic E-state index is -0.727. The predicted octanol–water partition coefficient (Wildman–Crippen LogP) is 3.39. The maximum Gasteiger partial charge on any atom is 0.346 e. The second-order valence-corrected chi connectivity index (χ2v) is 7.95. The lowest BCUT2D eigenvalue weighted by Gasteiger charge is -2.40. The minimum Gasteiger partial charge on any atom is -0.466 e. The molecule has 8 heteroatoms. The van der Waals surface area contributed by atoms with E-state index in [0.29, 0.717) is 11.7 Å². The van der Waals surface area contributed by atoms with Crippen molar-refractivity contribution in [2.45, 2.75) is 19.1 Å². The van der Waals surface area contributed by atoms with E-state index in [2.05, 4.69) is 79.2 Å². The average Bonchev–Trinajstić information content (AvgIpc) is 3.28. The molecule has 1 atom stereocenters. The van der Waals surface area contributed by atoms with Crippen LogP contribution in [-0.4, -0.2) is 59.0 Å². The summed E-state index contributed by atoms with van der Waals surface area (Å²) in [6.07, 6.45) is -0.727. The van der Waals surface area contributed by atoms with E-state index in [4.69, 9.17) is 9.47 Å². The summed E-state index contributed by atoms with van der Waals surface area (Å²) in [5.74, 6) is 0.646. The maximum absolute atomic E-state index is 11.7. The Kier molecular flexibility index (Phi) is 6.79. The smallest absolute Gasteiger partial charge is 0.346 e. The van der Waals surface area contributed by atoms with Crippen molar-refractivity contribution in [3.63, 3.8) is 0 Å². The number of benzene rings is 2. The van der Waals surface area contributed by atoms with Crippen molar-refractivity contribution in [2.24, 2.45) is 0 Å². The average molecular weight is 439 g/mol. The van der Waals surface area contributed by atoms with Gasteiger partial charge in [0.05, 0.1) is 24.9 Å². The quantitative estimate of drug-likeness (QED) is 0.524. The van der Waals surface area contributed by atoms with Crippen molar-refractivity contribution in [3.8, 4) is 5.88 Å². The summed E-state index contributed by atoms with van der Waals surface area (Å²) in [4.78, 5) is 16.4. The number of hydrogen-bond donors (Lipinski definition) is 0. The highest BCUT2D eigenvalue weighted by Gasteiger charge is 2.29. The summed E-state index contributed by atoms with van der Waals surface area (Å²) in [6, 6.07) is 21.4. The normalized spacial score (nSPS) is 15.6. The van der Waals surface area contributed by atoms with Crippen molar-refractivity contribution in [2.75, 3.05) is 38.2 Å². The summed E-state index contributed by atoms with van der Waals surface area (Å²) in [5, 5.41) is 0. The van der Waals surface area contributed by atoms with Gasteiger partial charge in [-0.15, -0.1) is 4.37 Å². The van der Waals surface area contributed by atoms with E-state index in [1.807, 2.05) is 0 Å². The third-order valence-electron chi connectivity index (χ3n) is 5.47. The van der Waals surface area contributed by atoms with Crippen LogP contribution >= 0.6 is 11.7 Å². The molecule has 0 N–H and O–H groups in total. The highest BCUT2D eigenvalue weighted by atomic mass is 32.1. The Morgan fingerprint density at radius 1 is 0.935 bits per heavy atom. The van der Waals surface area contributed by atoms with Gasteiger partial charge in [0.2, 0.25) is 5.82 Å². The van der Waals surface area contributed by atoms with Crippen molar-refractivity contribution >= 4 is 23.5 Å². The lowest BCUT2D eigenvalue weighted by Crippen LogP contribution is -2.48. The van der Waals surface area contributed by atoms with Crippen LogP contribution in [0, 0.1) is 0 Å². The number of methoxy groups -OCH3 is 1. The molecule has 0 spiro atoms. The highest BCUT2D eigenvalue weighted by Crippen LogP contribution is 2.32. The lowest BCUT2D eigenvalue weighted by atomic mass is 9.96. The molecule has 162 valence electrons. The van der Waals surface area contributed by atoms with E-state index >= 15 is 0 Å². The Hall–Kier alpha value is -2.97. The van der Waals surface area contributed by atoms with Gasteiger partial charge in [0, 0.05) is 26.2 Å². The molecule has 0 amide bonds. The molecule has 0 radical (unpaired) electrons. The molecule has 2 heterocycles. The number of esters is 1. The second-order valence-electron chi connectivity index (χ2n) is 7.42. The standard InChI is InChI=1S/C23H26N4O3S/c1-17(23(28)29-2)30-22-21(24-31-25-22)27-15-13-26(14-16-27)20(18-9-5-3-6-10-18)19-11-7-4-8-12-19/h3-12,17,20H,13-16H2,1-2H3. The molecule has 4 rings (SSSR count). The fourth-order valence-corrected chi connectivity index (χ4v) is 4.41. The fraction of sp³-hybridized carbons (Fsp3) is 0.348. The van der Waals surface area contributed by atoms with Gasteiger partial charge in [-0.2, -0.15) is 4.37 Å². The van der Waals surface area contributed by atoms with Crippen LogP contribution < -0.4 is 9.64 Å². The highest BCUT2D eigenvalue weighted by molar-refractivity contribution is 6.99. The van der Waals surface area contributed by atoms with Gasteiger partial charge in [-0.25, -0.2) is 4.79 Å². The first-order valence-electron chi connectivity index (χ1n) is 10.3. The molecule has 2 aromatic carbocycles. The molecular weight excluding hydrogens is 412 g/mol. The molecule has 0 bridgehead atoms. The molecule has 31 heavy (non-hydrogen) atoms. The van der Waals surface area contributed by atoms with Gasteiger partial charge >= 0.3 is 5.97 Å². The number of anilines is 1. The predicted molar refractivity (Wildman–Crippen MR) is 121 cm³/mol. The van der Waals surface area contributed by atoms with E-state index in [1.54, 1.807) is 6.92 Å². The second kappa shape index (κ2) is 9.89. The Balaban J connectivity index is 1.48. The van der Waals surface area contributed by atoms with Crippen LogP contribution in [0.2, 0.25) is 0 Å². The van der Waals surface area contributed by atoms with Crippen molar-refractivity contribution in [1.29, 1.82) is 0 Å². The Morgan fingerprint density at radius 2 is 1.52 bits per heavy atom. The summed E-state index contributed by atoms with van der Waals surface area (Å²) < 4.78 is 19.1. The third-order valence-corrected chi connectivity index (χ3v) is 5.98. The molecule has 3 aromatic rings. The first-order chi connectivity index (χ1) is 15.2. The van der Waals surface area contributed by atoms with Crippen molar-refractivity contribution < 1.29 is 14.3 Å². The number of rotatable bonds is 7.